The molecule has 0 unspecified atom stereocenters. The third kappa shape index (κ3) is 4.02. The van der Waals surface area contributed by atoms with Crippen molar-refractivity contribution in [3.05, 3.63) is 11.8 Å². The van der Waals surface area contributed by atoms with Crippen molar-refractivity contribution < 1.29 is 0 Å². The maximum Gasteiger partial charge on any atom is 0.224 e. The fraction of sp³-hybridized carbons (Fsp3) is 0.636. The van der Waals surface area contributed by atoms with Gasteiger partial charge in [-0.05, 0) is 34.0 Å². The molecule has 1 aromatic rings. The summed E-state index contributed by atoms with van der Waals surface area (Å²) in [6.45, 7) is 4.02. The third-order valence-corrected chi connectivity index (χ3v) is 2.27. The summed E-state index contributed by atoms with van der Waals surface area (Å²) in [7, 11) is 5.98. The Labute approximate surface area is 97.3 Å². The molecule has 0 bridgehead atoms. The summed E-state index contributed by atoms with van der Waals surface area (Å²) in [5.74, 6) is 1.57. The molecule has 5 heteroatoms. The molecule has 5 nitrogen and oxygen atoms in total. The number of aromatic nitrogens is 2. The van der Waals surface area contributed by atoms with Crippen LogP contribution in [0.4, 0.5) is 11.8 Å². The monoisotopic (exact) mass is 223 g/mol. The molecule has 0 amide bonds. The number of aryl methyl sites for hydroxylation is 1. The van der Waals surface area contributed by atoms with E-state index < -0.39 is 0 Å². The fourth-order valence-corrected chi connectivity index (χ4v) is 1.34. The van der Waals surface area contributed by atoms with Gasteiger partial charge in [-0.15, -0.1) is 0 Å². The number of hydrogen-bond acceptors (Lipinski definition) is 5. The summed E-state index contributed by atoms with van der Waals surface area (Å²) in [6.07, 6.45) is 2.93. The van der Waals surface area contributed by atoms with E-state index in [1.165, 1.54) is 0 Å². The predicted octanol–water partition coefficient (Wildman–Crippen LogP) is 1.19. The van der Waals surface area contributed by atoms with Crippen LogP contribution in [-0.2, 0) is 0 Å². The maximum atomic E-state index is 4.36. The fourth-order valence-electron chi connectivity index (χ4n) is 1.34. The van der Waals surface area contributed by atoms with Gasteiger partial charge in [0.25, 0.3) is 0 Å². The first-order chi connectivity index (χ1) is 7.63. The van der Waals surface area contributed by atoms with Crippen LogP contribution in [0, 0.1) is 6.92 Å². The molecule has 0 aliphatic rings. The molecule has 2 N–H and O–H groups in total. The molecule has 0 spiro atoms. The average Bonchev–Trinajstić information content (AvgIpc) is 2.26. The number of anilines is 2. The second-order valence-corrected chi connectivity index (χ2v) is 4.06. The molecule has 0 aromatic carbocycles. The Balaban J connectivity index is 2.46. The molecule has 1 aromatic heterocycles. The average molecular weight is 223 g/mol. The molecule has 16 heavy (non-hydrogen) atoms. The van der Waals surface area contributed by atoms with Gasteiger partial charge in [-0.25, -0.2) is 4.98 Å². The van der Waals surface area contributed by atoms with Gasteiger partial charge in [-0.2, -0.15) is 4.98 Å². The molecular weight excluding hydrogens is 202 g/mol. The Bertz CT molecular complexity index is 324. The van der Waals surface area contributed by atoms with Gasteiger partial charge in [0.05, 0.1) is 0 Å². The van der Waals surface area contributed by atoms with Crippen molar-refractivity contribution in [1.82, 2.24) is 14.9 Å². The Morgan fingerprint density at radius 2 is 2.12 bits per heavy atom. The van der Waals surface area contributed by atoms with Gasteiger partial charge in [0.1, 0.15) is 5.82 Å². The molecule has 90 valence electrons. The summed E-state index contributed by atoms with van der Waals surface area (Å²) in [5.41, 5.74) is 1.07. The maximum absolute atomic E-state index is 4.36. The summed E-state index contributed by atoms with van der Waals surface area (Å²) in [5, 5.41) is 6.26. The van der Waals surface area contributed by atoms with Crippen molar-refractivity contribution in [3.63, 3.8) is 0 Å². The van der Waals surface area contributed by atoms with Crippen LogP contribution in [0.1, 0.15) is 12.0 Å². The highest BCUT2D eigenvalue weighted by molar-refractivity contribution is 5.46. The summed E-state index contributed by atoms with van der Waals surface area (Å²) in [6, 6.07) is 0. The third-order valence-electron chi connectivity index (χ3n) is 2.27. The zero-order valence-corrected chi connectivity index (χ0v) is 10.5. The molecule has 0 radical (unpaired) electrons. The normalized spacial score (nSPS) is 10.6. The summed E-state index contributed by atoms with van der Waals surface area (Å²) >= 11 is 0. The molecule has 0 saturated carbocycles. The van der Waals surface area contributed by atoms with Crippen LogP contribution in [0.25, 0.3) is 0 Å². The number of nitrogens with zero attached hydrogens (tertiary/aromatic N) is 3. The lowest BCUT2D eigenvalue weighted by molar-refractivity contribution is 0.405. The van der Waals surface area contributed by atoms with Crippen LogP contribution in [0.2, 0.25) is 0 Å². The van der Waals surface area contributed by atoms with Gasteiger partial charge in [-0.1, -0.05) is 0 Å². The lowest BCUT2D eigenvalue weighted by Gasteiger charge is -2.12. The van der Waals surface area contributed by atoms with Gasteiger partial charge in [-0.3, -0.25) is 0 Å². The van der Waals surface area contributed by atoms with Gasteiger partial charge < -0.3 is 15.5 Å². The molecule has 0 aliphatic heterocycles. The van der Waals surface area contributed by atoms with E-state index in [0.717, 1.165) is 30.9 Å². The topological polar surface area (TPSA) is 53.1 Å². The molecule has 0 atom stereocenters. The summed E-state index contributed by atoms with van der Waals surface area (Å²) in [4.78, 5) is 10.7. The predicted molar refractivity (Wildman–Crippen MR) is 68.0 cm³/mol. The van der Waals surface area contributed by atoms with Crippen LogP contribution >= 0.6 is 0 Å². The first-order valence-corrected chi connectivity index (χ1v) is 5.53. The quantitative estimate of drug-likeness (QED) is 0.710. The molecular formula is C11H21N5. The molecule has 0 saturated heterocycles. The molecule has 1 rings (SSSR count). The molecule has 0 fully saturated rings. The Kier molecular flexibility index (Phi) is 4.98. The van der Waals surface area contributed by atoms with E-state index in [1.54, 1.807) is 0 Å². The molecule has 1 heterocycles. The number of nitrogens with one attached hydrogen (secondary N) is 2. The highest BCUT2D eigenvalue weighted by atomic mass is 15.1. The largest absolute Gasteiger partial charge is 0.370 e. The lowest BCUT2D eigenvalue weighted by Crippen LogP contribution is -2.17. The Hall–Kier alpha value is -1.36. The van der Waals surface area contributed by atoms with Crippen LogP contribution in [0.5, 0.6) is 0 Å². The van der Waals surface area contributed by atoms with Crippen LogP contribution < -0.4 is 10.6 Å². The minimum Gasteiger partial charge on any atom is -0.370 e. The van der Waals surface area contributed by atoms with Crippen molar-refractivity contribution in [2.45, 2.75) is 13.3 Å². The zero-order valence-electron chi connectivity index (χ0n) is 10.5. The van der Waals surface area contributed by atoms with Gasteiger partial charge in [0.15, 0.2) is 0 Å². The van der Waals surface area contributed by atoms with Crippen LogP contribution in [-0.4, -0.2) is 49.1 Å². The molecule has 0 aliphatic carbocycles. The first kappa shape index (κ1) is 12.7. The Morgan fingerprint density at radius 1 is 1.38 bits per heavy atom. The van der Waals surface area contributed by atoms with Crippen LogP contribution in [0.3, 0.4) is 0 Å². The van der Waals surface area contributed by atoms with Crippen LogP contribution in [0.15, 0.2) is 6.20 Å². The SMILES string of the molecule is CNc1ncc(C)c(NCCCN(C)C)n1. The van der Waals surface area contributed by atoms with Gasteiger partial charge in [0.2, 0.25) is 5.95 Å². The Morgan fingerprint density at radius 3 is 2.75 bits per heavy atom. The van der Waals surface area contributed by atoms with Crippen molar-refractivity contribution in [2.75, 3.05) is 44.9 Å². The van der Waals surface area contributed by atoms with E-state index in [0.29, 0.717) is 5.95 Å². The lowest BCUT2D eigenvalue weighted by atomic mass is 10.3. The zero-order chi connectivity index (χ0) is 12.0. The second kappa shape index (κ2) is 6.27. The van der Waals surface area contributed by atoms with Crippen molar-refractivity contribution in [2.24, 2.45) is 0 Å². The van der Waals surface area contributed by atoms with Gasteiger partial charge >= 0.3 is 0 Å². The minimum atomic E-state index is 0.653. The minimum absolute atomic E-state index is 0.653. The van der Waals surface area contributed by atoms with E-state index in [1.807, 2.05) is 20.2 Å². The number of rotatable bonds is 6. The highest BCUT2D eigenvalue weighted by Gasteiger charge is 2.01. The van der Waals surface area contributed by atoms with Crippen molar-refractivity contribution >= 4 is 11.8 Å². The first-order valence-electron chi connectivity index (χ1n) is 5.53. The van der Waals surface area contributed by atoms with E-state index in [4.69, 9.17) is 0 Å². The van der Waals surface area contributed by atoms with E-state index >= 15 is 0 Å². The number of hydrogen-bond donors (Lipinski definition) is 2. The standard InChI is InChI=1S/C11H21N5/c1-9-8-14-11(12-2)15-10(9)13-6-5-7-16(3)4/h8H,5-7H2,1-4H3,(H2,12,13,14,15). The second-order valence-electron chi connectivity index (χ2n) is 4.06. The van der Waals surface area contributed by atoms with E-state index in [2.05, 4.69) is 39.6 Å². The van der Waals surface area contributed by atoms with E-state index in [9.17, 15) is 0 Å². The highest BCUT2D eigenvalue weighted by Crippen LogP contribution is 2.11. The van der Waals surface area contributed by atoms with Gasteiger partial charge in [0, 0.05) is 25.4 Å². The summed E-state index contributed by atoms with van der Waals surface area (Å²) < 4.78 is 0. The van der Waals surface area contributed by atoms with E-state index in [-0.39, 0.29) is 0 Å². The smallest absolute Gasteiger partial charge is 0.224 e. The van der Waals surface area contributed by atoms with Crippen molar-refractivity contribution in [3.8, 4) is 0 Å². The van der Waals surface area contributed by atoms with Crippen molar-refractivity contribution in [1.29, 1.82) is 0 Å².